The molecule has 1 aliphatic heterocycles. The summed E-state index contributed by atoms with van der Waals surface area (Å²) in [4.78, 5) is 4.38. The highest BCUT2D eigenvalue weighted by Gasteiger charge is 2.16. The van der Waals surface area contributed by atoms with Crippen molar-refractivity contribution >= 4 is 22.6 Å². The number of halogens is 1. The Kier molecular flexibility index (Phi) is 3.48. The van der Waals surface area contributed by atoms with Crippen LogP contribution in [-0.4, -0.2) is 34.3 Å². The third-order valence-electron chi connectivity index (χ3n) is 3.21. The number of aryl methyl sites for hydroxylation is 1. The molecule has 0 radical (unpaired) electrons. The van der Waals surface area contributed by atoms with Crippen molar-refractivity contribution in [1.29, 1.82) is 0 Å². The van der Waals surface area contributed by atoms with Gasteiger partial charge >= 0.3 is 0 Å². The van der Waals surface area contributed by atoms with E-state index in [0.717, 1.165) is 34.4 Å². The van der Waals surface area contributed by atoms with Gasteiger partial charge in [-0.05, 0) is 25.1 Å². The quantitative estimate of drug-likeness (QED) is 0.924. The molecular formula is C14H15FN4S. The zero-order valence-electron chi connectivity index (χ0n) is 11.4. The molecule has 1 N–H and O–H groups in total. The topological polar surface area (TPSA) is 42.2 Å². The van der Waals surface area contributed by atoms with Crippen LogP contribution >= 0.6 is 11.8 Å². The van der Waals surface area contributed by atoms with Gasteiger partial charge in [-0.2, -0.15) is 5.10 Å². The van der Waals surface area contributed by atoms with Gasteiger partial charge in [0.1, 0.15) is 5.82 Å². The maximum Gasteiger partial charge on any atom is 0.184 e. The van der Waals surface area contributed by atoms with Crippen LogP contribution in [0.2, 0.25) is 0 Å². The fourth-order valence-corrected chi connectivity index (χ4v) is 2.95. The number of aromatic nitrogens is 2. The number of benzene rings is 1. The lowest BCUT2D eigenvalue weighted by Gasteiger charge is -2.04. The fourth-order valence-electron chi connectivity index (χ4n) is 2.17. The van der Waals surface area contributed by atoms with Crippen molar-refractivity contribution in [3.05, 3.63) is 35.9 Å². The van der Waals surface area contributed by atoms with Gasteiger partial charge in [-0.15, -0.1) is 0 Å². The van der Waals surface area contributed by atoms with Crippen LogP contribution in [0.3, 0.4) is 0 Å². The number of aliphatic imine (C=N–C) groups is 1. The lowest BCUT2D eigenvalue weighted by Crippen LogP contribution is -2.05. The first kappa shape index (κ1) is 13.2. The van der Waals surface area contributed by atoms with Crippen LogP contribution in [0.15, 0.2) is 29.4 Å². The van der Waals surface area contributed by atoms with Gasteiger partial charge in [-0.3, -0.25) is 4.99 Å². The van der Waals surface area contributed by atoms with E-state index in [1.165, 1.54) is 6.07 Å². The lowest BCUT2D eigenvalue weighted by atomic mass is 10.1. The van der Waals surface area contributed by atoms with Gasteiger partial charge in [0.2, 0.25) is 0 Å². The molecule has 0 aliphatic carbocycles. The van der Waals surface area contributed by atoms with Crippen LogP contribution in [-0.2, 0) is 0 Å². The third-order valence-corrected chi connectivity index (χ3v) is 4.17. The molecule has 2 aromatic rings. The minimum absolute atomic E-state index is 0.250. The summed E-state index contributed by atoms with van der Waals surface area (Å²) in [6.45, 7) is 2.71. The SMILES string of the molecule is CNc1ccc(-c2cn(C3=NCCS3)nc2C)c(F)c1. The van der Waals surface area contributed by atoms with Crippen molar-refractivity contribution in [2.24, 2.45) is 4.99 Å². The van der Waals surface area contributed by atoms with Crippen LogP contribution in [0.1, 0.15) is 5.69 Å². The number of thioether (sulfide) groups is 1. The van der Waals surface area contributed by atoms with Crippen LogP contribution in [0, 0.1) is 12.7 Å². The molecule has 1 aromatic carbocycles. The van der Waals surface area contributed by atoms with E-state index < -0.39 is 0 Å². The first-order chi connectivity index (χ1) is 9.69. The number of hydrogen-bond donors (Lipinski definition) is 1. The Bertz CT molecular complexity index is 678. The molecule has 0 saturated carbocycles. The van der Waals surface area contributed by atoms with E-state index >= 15 is 0 Å². The molecule has 0 unspecified atom stereocenters. The Labute approximate surface area is 121 Å². The molecule has 0 amide bonds. The number of nitrogens with zero attached hydrogens (tertiary/aromatic N) is 3. The van der Waals surface area contributed by atoms with Gasteiger partial charge in [-0.1, -0.05) is 11.8 Å². The molecule has 0 saturated heterocycles. The first-order valence-corrected chi connectivity index (χ1v) is 7.39. The molecule has 4 nitrogen and oxygen atoms in total. The average molecular weight is 290 g/mol. The maximum absolute atomic E-state index is 14.2. The monoisotopic (exact) mass is 290 g/mol. The largest absolute Gasteiger partial charge is 0.388 e. The maximum atomic E-state index is 14.2. The minimum Gasteiger partial charge on any atom is -0.388 e. The summed E-state index contributed by atoms with van der Waals surface area (Å²) in [6, 6.07) is 5.13. The average Bonchev–Trinajstić information content (AvgIpc) is 3.08. The van der Waals surface area contributed by atoms with Crippen LogP contribution in [0.25, 0.3) is 11.1 Å². The number of anilines is 1. The van der Waals surface area contributed by atoms with E-state index in [0.29, 0.717) is 5.56 Å². The Morgan fingerprint density at radius 1 is 1.35 bits per heavy atom. The Morgan fingerprint density at radius 3 is 2.85 bits per heavy atom. The Hall–Kier alpha value is -1.82. The van der Waals surface area contributed by atoms with E-state index in [9.17, 15) is 4.39 Å². The Morgan fingerprint density at radius 2 is 2.20 bits per heavy atom. The van der Waals surface area contributed by atoms with E-state index in [2.05, 4.69) is 15.4 Å². The van der Waals surface area contributed by atoms with Crippen molar-refractivity contribution in [2.45, 2.75) is 6.92 Å². The molecular weight excluding hydrogens is 275 g/mol. The summed E-state index contributed by atoms with van der Waals surface area (Å²) < 4.78 is 15.9. The molecule has 0 bridgehead atoms. The summed E-state index contributed by atoms with van der Waals surface area (Å²) in [6.07, 6.45) is 1.85. The molecule has 2 heterocycles. The van der Waals surface area contributed by atoms with Crippen molar-refractivity contribution in [3.63, 3.8) is 0 Å². The summed E-state index contributed by atoms with van der Waals surface area (Å²) in [5, 5.41) is 8.24. The lowest BCUT2D eigenvalue weighted by molar-refractivity contribution is 0.631. The summed E-state index contributed by atoms with van der Waals surface area (Å²) in [7, 11) is 1.77. The van der Waals surface area contributed by atoms with Crippen molar-refractivity contribution in [2.75, 3.05) is 24.7 Å². The highest BCUT2D eigenvalue weighted by molar-refractivity contribution is 8.14. The minimum atomic E-state index is -0.250. The highest BCUT2D eigenvalue weighted by Crippen LogP contribution is 2.28. The molecule has 0 atom stereocenters. The van der Waals surface area contributed by atoms with Crippen LogP contribution in [0.4, 0.5) is 10.1 Å². The van der Waals surface area contributed by atoms with Crippen molar-refractivity contribution in [1.82, 2.24) is 9.78 Å². The second-order valence-corrected chi connectivity index (χ2v) is 5.59. The van der Waals surface area contributed by atoms with Crippen LogP contribution in [0.5, 0.6) is 0 Å². The molecule has 3 rings (SSSR count). The third kappa shape index (κ3) is 2.31. The first-order valence-electron chi connectivity index (χ1n) is 6.40. The van der Waals surface area contributed by atoms with Gasteiger partial charge in [0, 0.05) is 35.8 Å². The predicted octanol–water partition coefficient (Wildman–Crippen LogP) is 2.99. The second-order valence-electron chi connectivity index (χ2n) is 4.53. The zero-order valence-corrected chi connectivity index (χ0v) is 12.2. The normalized spacial score (nSPS) is 14.4. The number of nitrogens with one attached hydrogen (secondary N) is 1. The smallest absolute Gasteiger partial charge is 0.184 e. The van der Waals surface area contributed by atoms with Gasteiger partial charge < -0.3 is 5.32 Å². The second kappa shape index (κ2) is 5.28. The van der Waals surface area contributed by atoms with E-state index in [1.54, 1.807) is 29.6 Å². The zero-order chi connectivity index (χ0) is 14.1. The van der Waals surface area contributed by atoms with Crippen LogP contribution < -0.4 is 5.32 Å². The molecule has 104 valence electrons. The number of rotatable bonds is 2. The Balaban J connectivity index is 2.02. The molecule has 0 fully saturated rings. The molecule has 6 heteroatoms. The van der Waals surface area contributed by atoms with E-state index in [-0.39, 0.29) is 5.82 Å². The molecule has 1 aromatic heterocycles. The van der Waals surface area contributed by atoms with Gasteiger partial charge in [-0.25, -0.2) is 9.07 Å². The predicted molar refractivity (Wildman–Crippen MR) is 82.1 cm³/mol. The van der Waals surface area contributed by atoms with E-state index in [4.69, 9.17) is 0 Å². The highest BCUT2D eigenvalue weighted by atomic mass is 32.2. The van der Waals surface area contributed by atoms with Gasteiger partial charge in [0.25, 0.3) is 0 Å². The van der Waals surface area contributed by atoms with Gasteiger partial charge in [0.05, 0.1) is 12.2 Å². The summed E-state index contributed by atoms with van der Waals surface area (Å²) >= 11 is 1.67. The summed E-state index contributed by atoms with van der Waals surface area (Å²) in [5.74, 6) is 0.731. The van der Waals surface area contributed by atoms with Crippen molar-refractivity contribution < 1.29 is 4.39 Å². The number of hydrogen-bond acceptors (Lipinski definition) is 4. The summed E-state index contributed by atoms with van der Waals surface area (Å²) in [5.41, 5.74) is 2.93. The van der Waals surface area contributed by atoms with Crippen molar-refractivity contribution in [3.8, 4) is 11.1 Å². The molecule has 20 heavy (non-hydrogen) atoms. The standard InChI is InChI=1S/C14H15FN4S/c1-9-12(8-19(18-9)14-17-5-6-20-14)11-4-3-10(16-2)7-13(11)15/h3-4,7-8,16H,5-6H2,1-2H3. The fraction of sp³-hybridized carbons (Fsp3) is 0.286. The van der Waals surface area contributed by atoms with Gasteiger partial charge in [0.15, 0.2) is 5.17 Å². The molecule has 1 aliphatic rings. The molecule has 0 spiro atoms. The van der Waals surface area contributed by atoms with E-state index in [1.807, 2.05) is 19.2 Å².